The number of amides is 2. The highest BCUT2D eigenvalue weighted by atomic mass is 32.2. The molecule has 0 aromatic heterocycles. The van der Waals surface area contributed by atoms with Crippen LogP contribution in [0.5, 0.6) is 0 Å². The number of rotatable bonds is 5. The van der Waals surface area contributed by atoms with Gasteiger partial charge in [-0.25, -0.2) is 23.0 Å². The summed E-state index contributed by atoms with van der Waals surface area (Å²) >= 11 is 0. The molecule has 34 heavy (non-hydrogen) atoms. The Hall–Kier alpha value is -2.95. The number of nitrogens with one attached hydrogen (secondary N) is 1. The normalized spacial score (nSPS) is 21.1. The molecule has 0 spiro atoms. The Morgan fingerprint density at radius 1 is 1.24 bits per heavy atom. The van der Waals surface area contributed by atoms with E-state index >= 15 is 0 Å². The third kappa shape index (κ3) is 6.13. The molecule has 1 saturated carbocycles. The van der Waals surface area contributed by atoms with Crippen molar-refractivity contribution in [3.8, 4) is 0 Å². The second-order valence-corrected chi connectivity index (χ2v) is 12.0. The van der Waals surface area contributed by atoms with Gasteiger partial charge in [0.25, 0.3) is 0 Å². The molecule has 186 valence electrons. The smallest absolute Gasteiger partial charge is 0.414 e. The summed E-state index contributed by atoms with van der Waals surface area (Å²) in [6.07, 6.45) is 2.31. The van der Waals surface area contributed by atoms with E-state index in [1.807, 2.05) is 6.92 Å². The van der Waals surface area contributed by atoms with E-state index in [-0.39, 0.29) is 41.2 Å². The third-order valence-electron chi connectivity index (χ3n) is 5.65. The van der Waals surface area contributed by atoms with Crippen LogP contribution in [-0.2, 0) is 30.7 Å². The van der Waals surface area contributed by atoms with E-state index in [0.717, 1.165) is 19.1 Å². The molecule has 3 rings (SSSR count). The highest BCUT2D eigenvalue weighted by molar-refractivity contribution is 7.90. The Bertz CT molecular complexity index is 1150. The number of sulfone groups is 1. The average molecular weight is 494 g/mol. The number of methoxy groups -OCH3 is 1. The monoisotopic (exact) mass is 493 g/mol. The van der Waals surface area contributed by atoms with Crippen LogP contribution in [-0.4, -0.2) is 61.8 Å². The van der Waals surface area contributed by atoms with Crippen LogP contribution in [0.2, 0.25) is 0 Å². The summed E-state index contributed by atoms with van der Waals surface area (Å²) in [4.78, 5) is 43.7. The molecule has 0 bridgehead atoms. The fraction of sp³-hybridized carbons (Fsp3) is 0.565. The number of carbonyl (C=O) groups is 3. The summed E-state index contributed by atoms with van der Waals surface area (Å²) in [6, 6.07) is 4.06. The van der Waals surface area contributed by atoms with Crippen molar-refractivity contribution in [1.29, 1.82) is 0 Å². The van der Waals surface area contributed by atoms with Crippen molar-refractivity contribution < 1.29 is 32.3 Å². The van der Waals surface area contributed by atoms with Crippen LogP contribution in [0.15, 0.2) is 28.1 Å². The van der Waals surface area contributed by atoms with Crippen LogP contribution in [0.1, 0.15) is 62.9 Å². The summed E-state index contributed by atoms with van der Waals surface area (Å²) in [7, 11) is -2.46. The van der Waals surface area contributed by atoms with E-state index < -0.39 is 33.0 Å². The first-order valence-corrected chi connectivity index (χ1v) is 12.8. The molecule has 1 unspecified atom stereocenters. The molecule has 1 fully saturated rings. The van der Waals surface area contributed by atoms with Gasteiger partial charge >= 0.3 is 12.1 Å². The molecule has 2 aliphatic rings. The fourth-order valence-corrected chi connectivity index (χ4v) is 4.55. The van der Waals surface area contributed by atoms with Crippen LogP contribution >= 0.6 is 0 Å². The van der Waals surface area contributed by atoms with Crippen LogP contribution in [0.4, 0.5) is 4.79 Å². The van der Waals surface area contributed by atoms with E-state index in [2.05, 4.69) is 5.32 Å². The number of hydrogen-bond acceptors (Lipinski definition) is 8. The Balaban J connectivity index is 2.00. The van der Waals surface area contributed by atoms with Crippen LogP contribution in [0.3, 0.4) is 0 Å². The number of carbonyl (C=O) groups excluding carboxylic acids is 3. The lowest BCUT2D eigenvalue weighted by Gasteiger charge is -2.37. The van der Waals surface area contributed by atoms with Gasteiger partial charge in [-0.2, -0.15) is 0 Å². The number of nitrogens with zero attached hydrogens (tertiary/aromatic N) is 2. The summed E-state index contributed by atoms with van der Waals surface area (Å²) in [5.74, 6) is -0.712. The Labute approximate surface area is 199 Å². The molecule has 1 aromatic rings. The first-order valence-electron chi connectivity index (χ1n) is 10.9. The standard InChI is InChI=1S/C23H31N3O7S/c1-22(2,3)33-21(29)24-20-25-23(4,16-7-8-16)12-18(27)26(20)13-14-9-15(19(28)32-5)11-17(10-14)34(6,30)31/h9-11,16H,7-8,12-13H2,1-6H3,(H,24,25,29). The lowest BCUT2D eigenvalue weighted by molar-refractivity contribution is -0.130. The number of ether oxygens (including phenoxy) is 2. The van der Waals surface area contributed by atoms with Crippen molar-refractivity contribution >= 4 is 33.8 Å². The van der Waals surface area contributed by atoms with E-state index in [9.17, 15) is 22.8 Å². The Morgan fingerprint density at radius 3 is 2.41 bits per heavy atom. The molecule has 2 amide bonds. The molecule has 10 nitrogen and oxygen atoms in total. The largest absolute Gasteiger partial charge is 0.465 e. The zero-order chi connectivity index (χ0) is 25.5. The SMILES string of the molecule is COC(=O)c1cc(CN2C(=O)CC(C)(C3CC3)N=C2NC(=O)OC(C)(C)C)cc(S(C)(=O)=O)c1. The molecule has 0 saturated heterocycles. The quantitative estimate of drug-likeness (QED) is 0.624. The first-order chi connectivity index (χ1) is 15.6. The minimum atomic E-state index is -3.65. The second-order valence-electron chi connectivity index (χ2n) is 9.98. The first kappa shape index (κ1) is 25.7. The molecule has 1 aliphatic carbocycles. The predicted molar refractivity (Wildman–Crippen MR) is 124 cm³/mol. The zero-order valence-electron chi connectivity index (χ0n) is 20.3. The van der Waals surface area contributed by atoms with Gasteiger partial charge < -0.3 is 9.47 Å². The molecular weight excluding hydrogens is 462 g/mol. The number of hydrogen-bond donors (Lipinski definition) is 1. The highest BCUT2D eigenvalue weighted by Crippen LogP contribution is 2.45. The van der Waals surface area contributed by atoms with Gasteiger partial charge in [0.2, 0.25) is 11.9 Å². The summed E-state index contributed by atoms with van der Waals surface area (Å²) in [5.41, 5.74) is -1.01. The minimum Gasteiger partial charge on any atom is -0.465 e. The molecule has 11 heteroatoms. The van der Waals surface area contributed by atoms with Crippen molar-refractivity contribution in [2.45, 2.75) is 69.5 Å². The number of esters is 1. The number of benzene rings is 1. The second kappa shape index (κ2) is 9.01. The lowest BCUT2D eigenvalue weighted by atomic mass is 9.90. The maximum absolute atomic E-state index is 13.2. The van der Waals surface area contributed by atoms with Gasteiger partial charge in [0.15, 0.2) is 9.84 Å². The predicted octanol–water partition coefficient (Wildman–Crippen LogP) is 2.66. The van der Waals surface area contributed by atoms with Gasteiger partial charge in [0.1, 0.15) is 5.60 Å². The summed E-state index contributed by atoms with van der Waals surface area (Å²) in [6.45, 7) is 6.93. The van der Waals surface area contributed by atoms with Gasteiger partial charge in [0, 0.05) is 6.26 Å². The topological polar surface area (TPSA) is 131 Å². The summed E-state index contributed by atoms with van der Waals surface area (Å²) < 4.78 is 34.4. The maximum atomic E-state index is 13.2. The van der Waals surface area contributed by atoms with E-state index in [1.165, 1.54) is 30.2 Å². The maximum Gasteiger partial charge on any atom is 0.414 e. The third-order valence-corrected chi connectivity index (χ3v) is 6.75. The van der Waals surface area contributed by atoms with Crippen LogP contribution in [0.25, 0.3) is 0 Å². The minimum absolute atomic E-state index is 0.0317. The Morgan fingerprint density at radius 2 is 1.88 bits per heavy atom. The number of alkyl carbamates (subject to hydrolysis) is 1. The van der Waals surface area contributed by atoms with Crippen molar-refractivity contribution in [1.82, 2.24) is 10.2 Å². The Kier molecular flexibility index (Phi) is 6.80. The average Bonchev–Trinajstić information content (AvgIpc) is 3.53. The number of guanidine groups is 1. The highest BCUT2D eigenvalue weighted by Gasteiger charge is 2.47. The number of aliphatic imine (C=N–C) groups is 1. The molecule has 1 aromatic carbocycles. The molecule has 0 radical (unpaired) electrons. The van der Waals surface area contributed by atoms with E-state index in [1.54, 1.807) is 20.8 Å². The fourth-order valence-electron chi connectivity index (χ4n) is 3.84. The van der Waals surface area contributed by atoms with Gasteiger partial charge in [-0.1, -0.05) is 0 Å². The van der Waals surface area contributed by atoms with Gasteiger partial charge in [-0.05, 0) is 70.2 Å². The van der Waals surface area contributed by atoms with E-state index in [4.69, 9.17) is 14.5 Å². The van der Waals surface area contributed by atoms with Crippen molar-refractivity contribution in [3.05, 3.63) is 29.3 Å². The molecule has 1 heterocycles. The van der Waals surface area contributed by atoms with Crippen molar-refractivity contribution in [2.24, 2.45) is 10.9 Å². The molecule has 1 N–H and O–H groups in total. The van der Waals surface area contributed by atoms with Gasteiger partial charge in [-0.15, -0.1) is 0 Å². The van der Waals surface area contributed by atoms with Crippen LogP contribution in [0, 0.1) is 5.92 Å². The van der Waals surface area contributed by atoms with Crippen LogP contribution < -0.4 is 5.32 Å². The molecular formula is C23H31N3O7S. The molecule has 1 aliphatic heterocycles. The summed E-state index contributed by atoms with van der Waals surface area (Å²) in [5, 5.41) is 2.59. The van der Waals surface area contributed by atoms with E-state index in [0.29, 0.717) is 5.56 Å². The van der Waals surface area contributed by atoms with Crippen molar-refractivity contribution in [2.75, 3.05) is 13.4 Å². The van der Waals surface area contributed by atoms with Gasteiger partial charge in [0.05, 0.1) is 36.1 Å². The molecule has 1 atom stereocenters. The van der Waals surface area contributed by atoms with Crippen molar-refractivity contribution in [3.63, 3.8) is 0 Å². The lowest BCUT2D eigenvalue weighted by Crippen LogP contribution is -2.54. The van der Waals surface area contributed by atoms with Gasteiger partial charge in [-0.3, -0.25) is 15.0 Å². The zero-order valence-corrected chi connectivity index (χ0v) is 21.1.